The highest BCUT2D eigenvalue weighted by Gasteiger charge is 2.28. The van der Waals surface area contributed by atoms with Crippen LogP contribution in [0.15, 0.2) is 47.4 Å². The van der Waals surface area contributed by atoms with E-state index in [1.807, 2.05) is 0 Å². The molecule has 130 valence electrons. The molecule has 0 radical (unpaired) electrons. The van der Waals surface area contributed by atoms with E-state index in [9.17, 15) is 17.6 Å². The molecule has 0 aliphatic carbocycles. The van der Waals surface area contributed by atoms with Crippen LogP contribution in [0, 0.1) is 18.2 Å². The van der Waals surface area contributed by atoms with Gasteiger partial charge in [0.15, 0.2) is 0 Å². The Balaban J connectivity index is 2.62. The maximum absolute atomic E-state index is 13.6. The van der Waals surface area contributed by atoms with Gasteiger partial charge in [-0.3, -0.25) is 9.10 Å². The molecule has 7 heteroatoms. The Morgan fingerprint density at radius 3 is 2.48 bits per heavy atom. The lowest BCUT2D eigenvalue weighted by Gasteiger charge is -2.28. The van der Waals surface area contributed by atoms with Gasteiger partial charge in [-0.2, -0.15) is 0 Å². The Kier molecular flexibility index (Phi) is 5.14. The summed E-state index contributed by atoms with van der Waals surface area (Å²) in [4.78, 5) is 11.2. The number of nitrogens with zero attached hydrogens (tertiary/aromatic N) is 1. The van der Waals surface area contributed by atoms with Gasteiger partial charge < -0.3 is 5.73 Å². The molecule has 0 bridgehead atoms. The van der Waals surface area contributed by atoms with Gasteiger partial charge >= 0.3 is 0 Å². The van der Waals surface area contributed by atoms with Crippen LogP contribution in [-0.4, -0.2) is 20.4 Å². The minimum atomic E-state index is -4.01. The van der Waals surface area contributed by atoms with Crippen molar-refractivity contribution >= 4 is 21.6 Å². The lowest BCUT2D eigenvalue weighted by Crippen LogP contribution is -2.37. The topological polar surface area (TPSA) is 80.5 Å². The molecule has 25 heavy (non-hydrogen) atoms. The van der Waals surface area contributed by atoms with E-state index in [4.69, 9.17) is 12.2 Å². The number of carbonyl (C=O) groups is 1. The predicted octanol–water partition coefficient (Wildman–Crippen LogP) is 2.51. The summed E-state index contributed by atoms with van der Waals surface area (Å²) in [6.07, 6.45) is 5.26. The summed E-state index contributed by atoms with van der Waals surface area (Å²) >= 11 is 0. The van der Waals surface area contributed by atoms with Gasteiger partial charge in [-0.15, -0.1) is 6.42 Å². The van der Waals surface area contributed by atoms with E-state index in [1.165, 1.54) is 36.4 Å². The largest absolute Gasteiger partial charge is 0.366 e. The average Bonchev–Trinajstić information content (AvgIpc) is 2.56. The maximum atomic E-state index is 13.6. The van der Waals surface area contributed by atoms with E-state index in [2.05, 4.69) is 5.92 Å². The minimum absolute atomic E-state index is 0.0377. The molecule has 0 saturated heterocycles. The first-order chi connectivity index (χ1) is 11.7. The molecular weight excluding hydrogens is 343 g/mol. The third-order valence-electron chi connectivity index (χ3n) is 3.50. The number of benzene rings is 2. The fraction of sp³-hybridized carbons (Fsp3) is 0.167. The van der Waals surface area contributed by atoms with Gasteiger partial charge in [0.05, 0.1) is 16.1 Å². The summed E-state index contributed by atoms with van der Waals surface area (Å²) in [6, 6.07) is 8.71. The minimum Gasteiger partial charge on any atom is -0.366 e. The van der Waals surface area contributed by atoms with Crippen LogP contribution in [0.5, 0.6) is 0 Å². The third-order valence-corrected chi connectivity index (χ3v) is 5.50. The molecule has 2 rings (SSSR count). The number of primary amides is 1. The zero-order valence-corrected chi connectivity index (χ0v) is 14.5. The van der Waals surface area contributed by atoms with Crippen molar-refractivity contribution < 1.29 is 17.6 Å². The average molecular weight is 360 g/mol. The fourth-order valence-corrected chi connectivity index (χ4v) is 4.10. The number of carbonyl (C=O) groups excluding carboxylic acids is 1. The second kappa shape index (κ2) is 6.95. The molecule has 5 nitrogen and oxygen atoms in total. The second-order valence-electron chi connectivity index (χ2n) is 5.60. The van der Waals surface area contributed by atoms with Crippen LogP contribution in [0.25, 0.3) is 0 Å². The normalized spacial score (nSPS) is 11.2. The van der Waals surface area contributed by atoms with Gasteiger partial charge in [-0.05, 0) is 50.2 Å². The van der Waals surface area contributed by atoms with Crippen LogP contribution in [-0.2, 0) is 10.0 Å². The van der Waals surface area contributed by atoms with Crippen molar-refractivity contribution in [1.29, 1.82) is 0 Å². The zero-order valence-electron chi connectivity index (χ0n) is 13.7. The number of amides is 1. The van der Waals surface area contributed by atoms with Gasteiger partial charge in [0.2, 0.25) is 5.91 Å². The van der Waals surface area contributed by atoms with E-state index >= 15 is 0 Å². The van der Waals surface area contributed by atoms with E-state index in [-0.39, 0.29) is 21.7 Å². The Bertz CT molecular complexity index is 963. The highest BCUT2D eigenvalue weighted by molar-refractivity contribution is 7.92. The molecule has 0 saturated carbocycles. The molecule has 0 aromatic heterocycles. The standard InChI is InChI=1S/C18H17FN2O3S/c1-4-13-10-15(8-9-17(13)19)21(12(2)3)25(23,24)16-7-5-6-14(11-16)18(20)22/h1,5-12H,2-3H3,(H2,20,22). The van der Waals surface area contributed by atoms with Gasteiger partial charge in [0.1, 0.15) is 5.82 Å². The smallest absolute Gasteiger partial charge is 0.264 e. The number of hydrogen-bond donors (Lipinski definition) is 1. The van der Waals surface area contributed by atoms with E-state index in [0.29, 0.717) is 0 Å². The summed E-state index contributed by atoms with van der Waals surface area (Å²) in [5, 5.41) is 0. The van der Waals surface area contributed by atoms with Gasteiger partial charge in [0.25, 0.3) is 10.0 Å². The first kappa shape index (κ1) is 18.5. The second-order valence-corrected chi connectivity index (χ2v) is 7.41. The number of nitrogens with two attached hydrogens (primary N) is 1. The molecular formula is C18H17FN2O3S. The van der Waals surface area contributed by atoms with Crippen LogP contribution in [0.4, 0.5) is 10.1 Å². The summed E-state index contributed by atoms with van der Waals surface area (Å²) in [7, 11) is -4.01. The van der Waals surface area contributed by atoms with Crippen molar-refractivity contribution in [1.82, 2.24) is 0 Å². The maximum Gasteiger partial charge on any atom is 0.264 e. The molecule has 2 N–H and O–H groups in total. The van der Waals surface area contributed by atoms with Crippen LogP contribution < -0.4 is 10.0 Å². The number of hydrogen-bond acceptors (Lipinski definition) is 3. The zero-order chi connectivity index (χ0) is 18.8. The summed E-state index contributed by atoms with van der Waals surface area (Å²) in [5.41, 5.74) is 5.49. The molecule has 0 aliphatic heterocycles. The Labute approximate surface area is 146 Å². The first-order valence-electron chi connectivity index (χ1n) is 7.39. The molecule has 0 spiro atoms. The molecule has 0 heterocycles. The van der Waals surface area contributed by atoms with Crippen molar-refractivity contribution in [2.45, 2.75) is 24.8 Å². The molecule has 1 amide bonds. The molecule has 0 aliphatic rings. The van der Waals surface area contributed by atoms with Crippen molar-refractivity contribution in [3.05, 3.63) is 59.4 Å². The third kappa shape index (κ3) is 3.64. The van der Waals surface area contributed by atoms with Crippen molar-refractivity contribution in [2.24, 2.45) is 5.73 Å². The van der Waals surface area contributed by atoms with Crippen molar-refractivity contribution in [2.75, 3.05) is 4.31 Å². The summed E-state index contributed by atoms with van der Waals surface area (Å²) < 4.78 is 40.9. The van der Waals surface area contributed by atoms with Crippen molar-refractivity contribution in [3.8, 4) is 12.3 Å². The molecule has 0 unspecified atom stereocenters. The number of rotatable bonds is 5. The lowest BCUT2D eigenvalue weighted by atomic mass is 10.2. The van der Waals surface area contributed by atoms with Gasteiger partial charge in [0, 0.05) is 11.6 Å². The molecule has 2 aromatic carbocycles. The molecule has 2 aromatic rings. The van der Waals surface area contributed by atoms with E-state index in [1.54, 1.807) is 13.8 Å². The molecule has 0 atom stereocenters. The van der Waals surface area contributed by atoms with Crippen LogP contribution in [0.2, 0.25) is 0 Å². The Morgan fingerprint density at radius 1 is 1.24 bits per heavy atom. The first-order valence-corrected chi connectivity index (χ1v) is 8.83. The fourth-order valence-electron chi connectivity index (χ4n) is 2.40. The lowest BCUT2D eigenvalue weighted by molar-refractivity contribution is 0.1000. The van der Waals surface area contributed by atoms with E-state index < -0.39 is 27.8 Å². The van der Waals surface area contributed by atoms with Crippen LogP contribution >= 0.6 is 0 Å². The summed E-state index contributed by atoms with van der Waals surface area (Å²) in [5.74, 6) is 0.847. The number of sulfonamides is 1. The van der Waals surface area contributed by atoms with Gasteiger partial charge in [-0.25, -0.2) is 12.8 Å². The van der Waals surface area contributed by atoms with Crippen LogP contribution in [0.3, 0.4) is 0 Å². The highest BCUT2D eigenvalue weighted by Crippen LogP contribution is 2.28. The number of anilines is 1. The predicted molar refractivity (Wildman–Crippen MR) is 94.1 cm³/mol. The summed E-state index contributed by atoms with van der Waals surface area (Å²) in [6.45, 7) is 3.35. The van der Waals surface area contributed by atoms with Crippen molar-refractivity contribution in [3.63, 3.8) is 0 Å². The van der Waals surface area contributed by atoms with E-state index in [0.717, 1.165) is 10.4 Å². The Morgan fingerprint density at radius 2 is 1.92 bits per heavy atom. The number of halogens is 1. The quantitative estimate of drug-likeness (QED) is 0.832. The number of terminal acetylenes is 1. The monoisotopic (exact) mass is 360 g/mol. The van der Waals surface area contributed by atoms with Crippen LogP contribution in [0.1, 0.15) is 29.8 Å². The van der Waals surface area contributed by atoms with Gasteiger partial charge in [-0.1, -0.05) is 12.0 Å². The SMILES string of the molecule is C#Cc1cc(N(C(C)C)S(=O)(=O)c2cccc(C(N)=O)c2)ccc1F. The highest BCUT2D eigenvalue weighted by atomic mass is 32.2. The Hall–Kier alpha value is -2.85. The molecule has 0 fully saturated rings.